The standard InChI is InChI=1S/C13H20N2O4/c1-9(16)6-15-7-10-3-4-11(12(5-10)18-2)19-8-13(14)17/h3-5,9,15-16H,6-8H2,1-2H3,(H2,14,17). The molecule has 0 spiro atoms. The molecule has 1 aromatic carbocycles. The van der Waals surface area contributed by atoms with E-state index in [2.05, 4.69) is 5.32 Å². The van der Waals surface area contributed by atoms with Gasteiger partial charge < -0.3 is 25.6 Å². The number of ether oxygens (including phenoxy) is 2. The minimum atomic E-state index is -0.537. The van der Waals surface area contributed by atoms with Gasteiger partial charge in [-0.05, 0) is 24.6 Å². The second-order valence-corrected chi connectivity index (χ2v) is 4.22. The van der Waals surface area contributed by atoms with Gasteiger partial charge in [0.1, 0.15) is 0 Å². The largest absolute Gasteiger partial charge is 0.493 e. The van der Waals surface area contributed by atoms with Gasteiger partial charge in [-0.2, -0.15) is 0 Å². The van der Waals surface area contributed by atoms with Crippen LogP contribution in [0.15, 0.2) is 18.2 Å². The highest BCUT2D eigenvalue weighted by Crippen LogP contribution is 2.27. The Hall–Kier alpha value is -1.79. The molecule has 0 aromatic heterocycles. The van der Waals surface area contributed by atoms with Gasteiger partial charge in [0.2, 0.25) is 0 Å². The molecule has 4 N–H and O–H groups in total. The number of benzene rings is 1. The van der Waals surface area contributed by atoms with Crippen molar-refractivity contribution < 1.29 is 19.4 Å². The third kappa shape index (κ3) is 5.58. The number of carbonyl (C=O) groups is 1. The highest BCUT2D eigenvalue weighted by molar-refractivity contribution is 5.75. The number of aliphatic hydroxyl groups is 1. The Morgan fingerprint density at radius 2 is 2.21 bits per heavy atom. The van der Waals surface area contributed by atoms with Crippen LogP contribution >= 0.6 is 0 Å². The zero-order chi connectivity index (χ0) is 14.3. The van der Waals surface area contributed by atoms with Crippen LogP contribution in [0.1, 0.15) is 12.5 Å². The Morgan fingerprint density at radius 1 is 1.47 bits per heavy atom. The molecule has 0 saturated heterocycles. The average molecular weight is 268 g/mol. The van der Waals surface area contributed by atoms with E-state index in [-0.39, 0.29) is 12.7 Å². The van der Waals surface area contributed by atoms with E-state index in [1.54, 1.807) is 13.0 Å². The monoisotopic (exact) mass is 268 g/mol. The molecule has 1 atom stereocenters. The van der Waals surface area contributed by atoms with E-state index in [1.165, 1.54) is 7.11 Å². The third-order valence-corrected chi connectivity index (χ3v) is 2.37. The maximum absolute atomic E-state index is 10.7. The number of methoxy groups -OCH3 is 1. The fourth-order valence-electron chi connectivity index (χ4n) is 1.52. The Kier molecular flexibility index (Phi) is 6.11. The summed E-state index contributed by atoms with van der Waals surface area (Å²) in [4.78, 5) is 10.7. The van der Waals surface area contributed by atoms with Crippen LogP contribution in [0.25, 0.3) is 0 Å². The van der Waals surface area contributed by atoms with Crippen molar-refractivity contribution in [3.8, 4) is 11.5 Å². The van der Waals surface area contributed by atoms with Crippen molar-refractivity contribution in [2.24, 2.45) is 5.73 Å². The van der Waals surface area contributed by atoms with Gasteiger partial charge in [0, 0.05) is 13.1 Å². The van der Waals surface area contributed by atoms with Crippen LogP contribution in [0.4, 0.5) is 0 Å². The number of hydrogen-bond donors (Lipinski definition) is 3. The van der Waals surface area contributed by atoms with Crippen molar-refractivity contribution >= 4 is 5.91 Å². The maximum Gasteiger partial charge on any atom is 0.255 e. The van der Waals surface area contributed by atoms with E-state index >= 15 is 0 Å². The summed E-state index contributed by atoms with van der Waals surface area (Å²) in [6.07, 6.45) is -0.389. The SMILES string of the molecule is COc1cc(CNCC(C)O)ccc1OCC(N)=O. The van der Waals surface area contributed by atoms with Crippen LogP contribution in [0.3, 0.4) is 0 Å². The molecular formula is C13H20N2O4. The van der Waals surface area contributed by atoms with Crippen molar-refractivity contribution in [2.75, 3.05) is 20.3 Å². The summed E-state index contributed by atoms with van der Waals surface area (Å²) in [5.41, 5.74) is 6.01. The van der Waals surface area contributed by atoms with Crippen LogP contribution in [0.2, 0.25) is 0 Å². The van der Waals surface area contributed by atoms with Crippen molar-refractivity contribution in [3.63, 3.8) is 0 Å². The van der Waals surface area contributed by atoms with E-state index in [9.17, 15) is 4.79 Å². The Bertz CT molecular complexity index is 421. The molecule has 0 saturated carbocycles. The summed E-state index contributed by atoms with van der Waals surface area (Å²) in [7, 11) is 1.53. The Morgan fingerprint density at radius 3 is 2.79 bits per heavy atom. The van der Waals surface area contributed by atoms with Gasteiger partial charge in [-0.1, -0.05) is 6.07 Å². The molecule has 0 heterocycles. The zero-order valence-electron chi connectivity index (χ0n) is 11.2. The van der Waals surface area contributed by atoms with Crippen LogP contribution in [-0.2, 0) is 11.3 Å². The van der Waals surface area contributed by atoms with Gasteiger partial charge in [0.25, 0.3) is 5.91 Å². The second kappa shape index (κ2) is 7.60. The summed E-state index contributed by atoms with van der Waals surface area (Å²) in [5, 5.41) is 12.2. The van der Waals surface area contributed by atoms with Crippen molar-refractivity contribution in [3.05, 3.63) is 23.8 Å². The molecule has 0 radical (unpaired) electrons. The van der Waals surface area contributed by atoms with Crippen molar-refractivity contribution in [2.45, 2.75) is 19.6 Å². The van der Waals surface area contributed by atoms with Gasteiger partial charge in [0.15, 0.2) is 18.1 Å². The first-order valence-electron chi connectivity index (χ1n) is 5.99. The number of aliphatic hydroxyl groups excluding tert-OH is 1. The average Bonchev–Trinajstić information content (AvgIpc) is 2.36. The predicted molar refractivity (Wildman–Crippen MR) is 71.1 cm³/mol. The molecule has 6 nitrogen and oxygen atoms in total. The molecule has 1 aromatic rings. The van der Waals surface area contributed by atoms with Crippen LogP contribution in [0.5, 0.6) is 11.5 Å². The summed E-state index contributed by atoms with van der Waals surface area (Å²) < 4.78 is 10.4. The summed E-state index contributed by atoms with van der Waals surface area (Å²) in [6, 6.07) is 5.39. The number of nitrogens with one attached hydrogen (secondary N) is 1. The van der Waals surface area contributed by atoms with E-state index in [4.69, 9.17) is 20.3 Å². The minimum absolute atomic E-state index is 0.185. The van der Waals surface area contributed by atoms with E-state index in [1.807, 2.05) is 12.1 Å². The number of carbonyl (C=O) groups excluding carboxylic acids is 1. The van der Waals surface area contributed by atoms with Gasteiger partial charge in [0.05, 0.1) is 13.2 Å². The van der Waals surface area contributed by atoms with E-state index < -0.39 is 5.91 Å². The first kappa shape index (κ1) is 15.3. The van der Waals surface area contributed by atoms with Gasteiger partial charge in [-0.25, -0.2) is 0 Å². The lowest BCUT2D eigenvalue weighted by atomic mass is 10.2. The lowest BCUT2D eigenvalue weighted by Gasteiger charge is -2.12. The Labute approximate surface area is 112 Å². The first-order chi connectivity index (χ1) is 9.02. The normalized spacial score (nSPS) is 11.9. The number of primary amides is 1. The van der Waals surface area contributed by atoms with Crippen LogP contribution < -0.4 is 20.5 Å². The first-order valence-corrected chi connectivity index (χ1v) is 5.99. The second-order valence-electron chi connectivity index (χ2n) is 4.22. The third-order valence-electron chi connectivity index (χ3n) is 2.37. The molecule has 0 fully saturated rings. The predicted octanol–water partition coefficient (Wildman–Crippen LogP) is 0.0297. The van der Waals surface area contributed by atoms with Crippen LogP contribution in [-0.4, -0.2) is 37.4 Å². The van der Waals surface area contributed by atoms with Gasteiger partial charge in [-0.15, -0.1) is 0 Å². The molecule has 0 aliphatic heterocycles. The molecule has 0 bridgehead atoms. The van der Waals surface area contributed by atoms with Crippen molar-refractivity contribution in [1.29, 1.82) is 0 Å². The lowest BCUT2D eigenvalue weighted by Crippen LogP contribution is -2.23. The molecule has 1 rings (SSSR count). The van der Waals surface area contributed by atoms with Crippen LogP contribution in [0, 0.1) is 0 Å². The molecule has 106 valence electrons. The van der Waals surface area contributed by atoms with E-state index in [0.29, 0.717) is 24.6 Å². The zero-order valence-corrected chi connectivity index (χ0v) is 11.2. The molecule has 19 heavy (non-hydrogen) atoms. The fraction of sp³-hybridized carbons (Fsp3) is 0.462. The van der Waals surface area contributed by atoms with E-state index in [0.717, 1.165) is 5.56 Å². The topological polar surface area (TPSA) is 93.8 Å². The molecule has 1 amide bonds. The maximum atomic E-state index is 10.7. The minimum Gasteiger partial charge on any atom is -0.493 e. The fourth-order valence-corrected chi connectivity index (χ4v) is 1.52. The van der Waals surface area contributed by atoms with Gasteiger partial charge in [-0.3, -0.25) is 4.79 Å². The highest BCUT2D eigenvalue weighted by atomic mass is 16.5. The summed E-state index contributed by atoms with van der Waals surface area (Å²) in [5.74, 6) is 0.475. The van der Waals surface area contributed by atoms with Gasteiger partial charge >= 0.3 is 0 Å². The number of rotatable bonds is 8. The molecule has 0 aliphatic carbocycles. The molecular weight excluding hydrogens is 248 g/mol. The van der Waals surface area contributed by atoms with Crippen molar-refractivity contribution in [1.82, 2.24) is 5.32 Å². The molecule has 1 unspecified atom stereocenters. The highest BCUT2D eigenvalue weighted by Gasteiger charge is 2.07. The summed E-state index contributed by atoms with van der Waals surface area (Å²) in [6.45, 7) is 2.66. The molecule has 6 heteroatoms. The number of amides is 1. The molecule has 0 aliphatic rings. The number of nitrogens with two attached hydrogens (primary N) is 1. The summed E-state index contributed by atoms with van der Waals surface area (Å²) >= 11 is 0. The lowest BCUT2D eigenvalue weighted by molar-refractivity contribution is -0.119. The smallest absolute Gasteiger partial charge is 0.255 e. The quantitative estimate of drug-likeness (QED) is 0.618. The Balaban J connectivity index is 2.64. The number of hydrogen-bond acceptors (Lipinski definition) is 5.